The Bertz CT molecular complexity index is 2870. The van der Waals surface area contributed by atoms with Gasteiger partial charge in [-0.2, -0.15) is 0 Å². The summed E-state index contributed by atoms with van der Waals surface area (Å²) in [4.78, 5) is 187. The van der Waals surface area contributed by atoms with Crippen LogP contribution in [0.1, 0.15) is 117 Å². The molecule has 0 saturated carbocycles. The number of unbranched alkanes of at least 4 members (excludes halogenated alkanes) is 1. The Hall–Kier alpha value is -9.14. The van der Waals surface area contributed by atoms with E-state index in [1.54, 1.807) is 88.4 Å². The fourth-order valence-corrected chi connectivity index (χ4v) is 9.26. The minimum Gasteiger partial charge on any atom is -0.481 e. The molecule has 0 saturated heterocycles. The van der Waals surface area contributed by atoms with E-state index in [0.717, 1.165) is 0 Å². The predicted octanol–water partition coefficient (Wildman–Crippen LogP) is -3.54. The predicted molar refractivity (Wildman–Crippen MR) is 338 cm³/mol. The maximum atomic E-state index is 14.6. The second-order valence-corrected chi connectivity index (χ2v) is 23.3. The molecule has 32 nitrogen and oxygen atoms in total. The zero-order chi connectivity index (χ0) is 70.8. The number of benzene rings is 2. The van der Waals surface area contributed by atoms with Crippen LogP contribution in [-0.2, 0) is 80.0 Å². The van der Waals surface area contributed by atoms with Gasteiger partial charge in [0.15, 0.2) is 0 Å². The number of aliphatic hydroxyl groups excluding tert-OH is 2. The summed E-state index contributed by atoms with van der Waals surface area (Å²) in [6.07, 6.45) is -2.93. The average molecular weight is 1330 g/mol. The van der Waals surface area contributed by atoms with Crippen molar-refractivity contribution in [2.24, 2.45) is 29.2 Å². The van der Waals surface area contributed by atoms with E-state index in [1.807, 2.05) is 0 Å². The Morgan fingerprint density at radius 2 is 0.894 bits per heavy atom. The number of rotatable bonds is 44. The Labute approximate surface area is 545 Å². The number of hydrogen-bond acceptors (Lipinski definition) is 18. The lowest BCUT2D eigenvalue weighted by Gasteiger charge is -2.30. The first-order valence-electron chi connectivity index (χ1n) is 31.1. The van der Waals surface area contributed by atoms with Crippen LogP contribution in [0.25, 0.3) is 0 Å². The van der Waals surface area contributed by atoms with E-state index in [1.165, 1.54) is 20.8 Å². The number of hydrogen-bond donors (Lipinski definition) is 18. The topological polar surface area (TPSA) is 524 Å². The Morgan fingerprint density at radius 3 is 1.38 bits per heavy atom. The van der Waals surface area contributed by atoms with Gasteiger partial charge in [-0.3, -0.25) is 62.3 Å². The van der Waals surface area contributed by atoms with Crippen LogP contribution in [0.4, 0.5) is 0 Å². The van der Waals surface area contributed by atoms with E-state index in [9.17, 15) is 92.7 Å². The quantitative estimate of drug-likeness (QED) is 0.0286. The molecule has 0 spiro atoms. The van der Waals surface area contributed by atoms with Crippen LogP contribution in [-0.4, -0.2) is 201 Å². The molecule has 0 heterocycles. The lowest BCUT2D eigenvalue weighted by atomic mass is 9.96. The summed E-state index contributed by atoms with van der Waals surface area (Å²) in [7, 11) is 0. The van der Waals surface area contributed by atoms with Crippen molar-refractivity contribution < 1.29 is 92.7 Å². The first-order chi connectivity index (χ1) is 44.3. The maximum Gasteiger partial charge on any atom is 0.326 e. The van der Waals surface area contributed by atoms with Gasteiger partial charge >= 0.3 is 17.9 Å². The van der Waals surface area contributed by atoms with Crippen molar-refractivity contribution in [2.45, 2.75) is 186 Å². The number of carbonyl (C=O) groups excluding carboxylic acids is 11. The van der Waals surface area contributed by atoms with Gasteiger partial charge in [0, 0.05) is 25.7 Å². The number of carboxylic acids is 3. The Morgan fingerprint density at radius 1 is 0.457 bits per heavy atom. The summed E-state index contributed by atoms with van der Waals surface area (Å²) in [6, 6.07) is 1.27. The number of carboxylic acid groups (broad SMARTS) is 3. The fraction of sp³-hybridized carbons (Fsp3) is 0.581. The number of carbonyl (C=O) groups is 14. The van der Waals surface area contributed by atoms with Crippen molar-refractivity contribution in [1.82, 2.24) is 58.5 Å². The summed E-state index contributed by atoms with van der Waals surface area (Å²) < 4.78 is 0. The minimum atomic E-state index is -1.94. The highest BCUT2D eigenvalue weighted by Crippen LogP contribution is 2.15. The molecule has 2 aromatic rings. The largest absolute Gasteiger partial charge is 0.481 e. The Balaban J connectivity index is 2.44. The van der Waals surface area contributed by atoms with Gasteiger partial charge in [0.2, 0.25) is 65.0 Å². The molecule has 0 fully saturated rings. The van der Waals surface area contributed by atoms with Crippen molar-refractivity contribution in [2.75, 3.05) is 26.2 Å². The van der Waals surface area contributed by atoms with E-state index in [2.05, 4.69) is 58.5 Å². The molecule has 0 aliphatic heterocycles. The first kappa shape index (κ1) is 81.0. The van der Waals surface area contributed by atoms with Gasteiger partial charge in [0.25, 0.3) is 0 Å². The van der Waals surface area contributed by atoms with E-state index >= 15 is 0 Å². The van der Waals surface area contributed by atoms with E-state index in [-0.39, 0.29) is 32.2 Å². The highest BCUT2D eigenvalue weighted by atomic mass is 16.4. The number of aliphatic hydroxyl groups is 2. The third-order valence-corrected chi connectivity index (χ3v) is 15.1. The second-order valence-electron chi connectivity index (χ2n) is 23.3. The van der Waals surface area contributed by atoms with Gasteiger partial charge in [-0.05, 0) is 68.0 Å². The summed E-state index contributed by atoms with van der Waals surface area (Å²) >= 11 is 0. The van der Waals surface area contributed by atoms with Crippen molar-refractivity contribution in [3.63, 3.8) is 0 Å². The summed E-state index contributed by atoms with van der Waals surface area (Å²) in [5.41, 5.74) is 12.1. The van der Waals surface area contributed by atoms with Gasteiger partial charge in [-0.25, -0.2) is 4.79 Å². The van der Waals surface area contributed by atoms with Crippen LogP contribution < -0.4 is 70.0 Å². The van der Waals surface area contributed by atoms with Crippen molar-refractivity contribution >= 4 is 82.9 Å². The monoisotopic (exact) mass is 1330 g/mol. The smallest absolute Gasteiger partial charge is 0.326 e. The van der Waals surface area contributed by atoms with Gasteiger partial charge in [0.1, 0.15) is 60.4 Å². The lowest BCUT2D eigenvalue weighted by molar-refractivity contribution is -0.142. The minimum absolute atomic E-state index is 0.00508. The molecule has 32 heteroatoms. The highest BCUT2D eigenvalue weighted by Gasteiger charge is 2.38. The molecule has 11 amide bonds. The standard InChI is InChI=1S/C62H95N13O19/c1-8-34(5)51(74-53(84)39(64)32-76)59(90)66-30-46(78)65-31-47(79)67-40(23-24-48(80)81)54(85)73-50(33(3)4)60(91)71-44(28-38-20-14-11-15-21-38)58(89)75-52(35(6)9-2)61(92)72-45(29-49(82)83)57(88)70-43(27-37-18-12-10-13-19-37)56(87)69-42(26-36(7)77)55(86)68-41(62(93)94)22-16-17-25-63/h10-15,18-21,33-36,39-45,50-52,76-77H,8-9,16-17,22-32,63-64H2,1-7H3,(H,65,78)(H,66,90)(H,67,79)(H,68,86)(H,69,87)(H,70,88)(H,71,91)(H,72,92)(H,73,85)(H,74,84)(H,75,89)(H,80,81)(H,82,83)(H,93,94)/t34?,35?,36-,39+,40+,41+,42+,43+,44+,45+,50+,51+,52+/m1/s1. The molecule has 94 heavy (non-hydrogen) atoms. The molecule has 2 unspecified atom stereocenters. The summed E-state index contributed by atoms with van der Waals surface area (Å²) in [6.45, 7) is 9.13. The molecule has 0 bridgehead atoms. The third kappa shape index (κ3) is 29.6. The van der Waals surface area contributed by atoms with Gasteiger partial charge in [-0.15, -0.1) is 0 Å². The highest BCUT2D eigenvalue weighted by molar-refractivity contribution is 5.99. The Kier molecular flexibility index (Phi) is 36.3. The SMILES string of the molecule is CCC(C)[C@H](NC(=O)[C@H](Cc1ccccc1)NC(=O)[C@@H](NC(=O)[C@H](CCC(=O)O)NC(=O)CNC(=O)CNC(=O)[C@@H](NC(=O)[C@@H](N)CO)C(C)CC)C(C)C)C(=O)N[C@@H](CC(=O)O)C(=O)N[C@@H](Cc1ccccc1)C(=O)N[C@@H](C[C@@H](C)O)C(=O)N[C@@H](CCCCN)C(=O)O. The third-order valence-electron chi connectivity index (χ3n) is 15.1. The van der Waals surface area contributed by atoms with Crippen LogP contribution >= 0.6 is 0 Å². The van der Waals surface area contributed by atoms with Crippen LogP contribution in [0.15, 0.2) is 60.7 Å². The molecular weight excluding hydrogens is 1230 g/mol. The zero-order valence-electron chi connectivity index (χ0n) is 54.1. The second kappa shape index (κ2) is 42.2. The first-order valence-corrected chi connectivity index (χ1v) is 31.1. The average Bonchev–Trinajstić information content (AvgIpc) is 0.918. The van der Waals surface area contributed by atoms with E-state index < -0.39 is 213 Å². The van der Waals surface area contributed by atoms with Gasteiger partial charge in [0.05, 0.1) is 32.2 Å². The van der Waals surface area contributed by atoms with E-state index in [0.29, 0.717) is 30.4 Å². The molecule has 0 radical (unpaired) electrons. The summed E-state index contributed by atoms with van der Waals surface area (Å²) in [5, 5.41) is 75.8. The molecule has 0 aliphatic carbocycles. The van der Waals surface area contributed by atoms with Crippen LogP contribution in [0.5, 0.6) is 0 Å². The fourth-order valence-electron chi connectivity index (χ4n) is 9.26. The normalized spacial score (nSPS) is 15.2. The molecule has 2 aromatic carbocycles. The number of aliphatic carboxylic acids is 3. The van der Waals surface area contributed by atoms with Crippen molar-refractivity contribution in [1.29, 1.82) is 0 Å². The van der Waals surface area contributed by atoms with Crippen LogP contribution in [0.3, 0.4) is 0 Å². The van der Waals surface area contributed by atoms with Crippen molar-refractivity contribution in [3.05, 3.63) is 71.8 Å². The van der Waals surface area contributed by atoms with Crippen LogP contribution in [0.2, 0.25) is 0 Å². The number of nitrogens with two attached hydrogens (primary N) is 2. The summed E-state index contributed by atoms with van der Waals surface area (Å²) in [5.74, 6) is -16.9. The molecule has 522 valence electrons. The molecule has 0 aliphatic rings. The maximum absolute atomic E-state index is 14.6. The van der Waals surface area contributed by atoms with Crippen LogP contribution in [0, 0.1) is 17.8 Å². The molecule has 13 atom stereocenters. The van der Waals surface area contributed by atoms with Gasteiger partial charge < -0.3 is 95.5 Å². The van der Waals surface area contributed by atoms with Gasteiger partial charge in [-0.1, -0.05) is 115 Å². The molecule has 0 aromatic heterocycles. The lowest BCUT2D eigenvalue weighted by Crippen LogP contribution is -2.62. The number of nitrogens with one attached hydrogen (secondary N) is 11. The molecular formula is C62H95N13O19. The number of amides is 11. The van der Waals surface area contributed by atoms with E-state index in [4.69, 9.17) is 11.5 Å². The molecule has 2 rings (SSSR count). The zero-order valence-corrected chi connectivity index (χ0v) is 54.1. The van der Waals surface area contributed by atoms with Crippen molar-refractivity contribution in [3.8, 4) is 0 Å². The molecule has 20 N–H and O–H groups in total.